The second-order valence-electron chi connectivity index (χ2n) is 4.26. The summed E-state index contributed by atoms with van der Waals surface area (Å²) < 4.78 is 1.64. The van der Waals surface area contributed by atoms with E-state index in [2.05, 4.69) is 12.0 Å². The number of rotatable bonds is 3. The third-order valence-electron chi connectivity index (χ3n) is 3.04. The Morgan fingerprint density at radius 3 is 2.53 bits per heavy atom. The molecule has 1 aromatic carbocycles. The number of hydrogen-bond donors (Lipinski definition) is 1. The first-order valence-electron chi connectivity index (χ1n) is 6.07. The quantitative estimate of drug-likeness (QED) is 0.864. The Balaban J connectivity index is 2.61. The molecule has 0 aliphatic rings. The maximum Gasteiger partial charge on any atom is 0.274 e. The van der Waals surface area contributed by atoms with Crippen molar-refractivity contribution in [2.24, 2.45) is 0 Å². The Kier molecular flexibility index (Phi) is 3.18. The molecule has 3 nitrogen and oxygen atoms in total. The highest BCUT2D eigenvalue weighted by Gasteiger charge is 2.11. The Morgan fingerprint density at radius 1 is 1.24 bits per heavy atom. The summed E-state index contributed by atoms with van der Waals surface area (Å²) in [5, 5.41) is 3.20. The summed E-state index contributed by atoms with van der Waals surface area (Å²) in [7, 11) is 0. The second kappa shape index (κ2) is 4.62. The molecule has 0 amide bonds. The topological polar surface area (TPSA) is 37.8 Å². The third kappa shape index (κ3) is 2.05. The fourth-order valence-electron chi connectivity index (χ4n) is 2.12. The molecular formula is C14H18N2O. The van der Waals surface area contributed by atoms with Crippen LogP contribution in [0.5, 0.6) is 0 Å². The Hall–Kier alpha value is -1.77. The van der Waals surface area contributed by atoms with Crippen molar-refractivity contribution in [3.63, 3.8) is 0 Å². The molecule has 1 heterocycles. The van der Waals surface area contributed by atoms with E-state index in [0.29, 0.717) is 0 Å². The summed E-state index contributed by atoms with van der Waals surface area (Å²) in [6, 6.07) is 7.95. The predicted molar refractivity (Wildman–Crippen MR) is 69.9 cm³/mol. The number of nitrogens with zero attached hydrogens (tertiary/aromatic N) is 1. The molecule has 0 aliphatic carbocycles. The van der Waals surface area contributed by atoms with Crippen LogP contribution in [0.2, 0.25) is 0 Å². The summed E-state index contributed by atoms with van der Waals surface area (Å²) in [6.07, 6.45) is 1.63. The van der Waals surface area contributed by atoms with Gasteiger partial charge in [0.15, 0.2) is 0 Å². The molecule has 0 saturated carbocycles. The zero-order chi connectivity index (χ0) is 12.4. The maximum absolute atomic E-state index is 12.2. The molecule has 0 saturated heterocycles. The number of aromatic nitrogens is 2. The minimum atomic E-state index is 0.0787. The molecule has 0 atom stereocenters. The van der Waals surface area contributed by atoms with Crippen LogP contribution in [0.25, 0.3) is 5.69 Å². The lowest BCUT2D eigenvalue weighted by Crippen LogP contribution is -2.17. The number of aryl methyl sites for hydroxylation is 2. The first-order valence-corrected chi connectivity index (χ1v) is 6.07. The Labute approximate surface area is 101 Å². The average Bonchev–Trinajstić information content (AvgIpc) is 2.65. The van der Waals surface area contributed by atoms with Gasteiger partial charge in [-0.1, -0.05) is 26.0 Å². The zero-order valence-electron chi connectivity index (χ0n) is 10.6. The van der Waals surface area contributed by atoms with E-state index in [4.69, 9.17) is 0 Å². The van der Waals surface area contributed by atoms with Gasteiger partial charge in [0.25, 0.3) is 5.56 Å². The normalized spacial score (nSPS) is 10.8. The minimum Gasteiger partial charge on any atom is -0.295 e. The SMILES string of the molecule is CCc1[nH]n(-c2cccc(C)c2)c(=O)c1CC. The molecule has 0 spiro atoms. The monoisotopic (exact) mass is 230 g/mol. The standard InChI is InChI=1S/C14H18N2O/c1-4-12-13(5-2)15-16(14(12)17)11-8-6-7-10(3)9-11/h6-9,15H,4-5H2,1-3H3. The molecule has 0 bridgehead atoms. The fourth-order valence-corrected chi connectivity index (χ4v) is 2.12. The van der Waals surface area contributed by atoms with Gasteiger partial charge in [0.2, 0.25) is 0 Å². The van der Waals surface area contributed by atoms with Gasteiger partial charge < -0.3 is 0 Å². The van der Waals surface area contributed by atoms with Gasteiger partial charge >= 0.3 is 0 Å². The van der Waals surface area contributed by atoms with E-state index in [0.717, 1.165) is 35.3 Å². The number of nitrogens with one attached hydrogen (secondary N) is 1. The largest absolute Gasteiger partial charge is 0.295 e. The molecule has 0 aliphatic heterocycles. The molecule has 90 valence electrons. The van der Waals surface area contributed by atoms with Crippen molar-refractivity contribution in [1.29, 1.82) is 0 Å². The summed E-state index contributed by atoms with van der Waals surface area (Å²) in [6.45, 7) is 6.11. The zero-order valence-corrected chi connectivity index (χ0v) is 10.6. The third-order valence-corrected chi connectivity index (χ3v) is 3.04. The van der Waals surface area contributed by atoms with E-state index >= 15 is 0 Å². The summed E-state index contributed by atoms with van der Waals surface area (Å²) in [5.74, 6) is 0. The van der Waals surface area contributed by atoms with Crippen LogP contribution in [-0.2, 0) is 12.8 Å². The van der Waals surface area contributed by atoms with E-state index in [1.54, 1.807) is 4.68 Å². The van der Waals surface area contributed by atoms with Crippen LogP contribution in [0.1, 0.15) is 30.7 Å². The molecule has 0 fully saturated rings. The fraction of sp³-hybridized carbons (Fsp3) is 0.357. The van der Waals surface area contributed by atoms with Crippen LogP contribution in [0.4, 0.5) is 0 Å². The van der Waals surface area contributed by atoms with Crippen LogP contribution in [0.3, 0.4) is 0 Å². The van der Waals surface area contributed by atoms with Crippen LogP contribution in [0, 0.1) is 6.92 Å². The van der Waals surface area contributed by atoms with Gasteiger partial charge in [0.05, 0.1) is 5.69 Å². The van der Waals surface area contributed by atoms with Gasteiger partial charge in [-0.15, -0.1) is 0 Å². The highest BCUT2D eigenvalue weighted by Crippen LogP contribution is 2.10. The molecule has 0 radical (unpaired) electrons. The predicted octanol–water partition coefficient (Wildman–Crippen LogP) is 2.60. The van der Waals surface area contributed by atoms with Gasteiger partial charge in [-0.25, -0.2) is 4.68 Å². The van der Waals surface area contributed by atoms with Crippen LogP contribution >= 0.6 is 0 Å². The van der Waals surface area contributed by atoms with Gasteiger partial charge in [-0.2, -0.15) is 0 Å². The summed E-state index contributed by atoms with van der Waals surface area (Å²) >= 11 is 0. The second-order valence-corrected chi connectivity index (χ2v) is 4.26. The lowest BCUT2D eigenvalue weighted by Gasteiger charge is -2.02. The molecule has 17 heavy (non-hydrogen) atoms. The molecular weight excluding hydrogens is 212 g/mol. The van der Waals surface area contributed by atoms with Gasteiger partial charge in [-0.05, 0) is 37.5 Å². The van der Waals surface area contributed by atoms with Gasteiger partial charge in [-0.3, -0.25) is 9.89 Å². The molecule has 3 heteroatoms. The van der Waals surface area contributed by atoms with E-state index in [1.165, 1.54) is 0 Å². The van der Waals surface area contributed by atoms with Crippen molar-refractivity contribution in [3.05, 3.63) is 51.4 Å². The maximum atomic E-state index is 12.2. The lowest BCUT2D eigenvalue weighted by atomic mass is 10.1. The Morgan fingerprint density at radius 2 is 2.00 bits per heavy atom. The highest BCUT2D eigenvalue weighted by atomic mass is 16.1. The molecule has 0 unspecified atom stereocenters. The lowest BCUT2D eigenvalue weighted by molar-refractivity contribution is 0.818. The van der Waals surface area contributed by atoms with Crippen molar-refractivity contribution in [2.75, 3.05) is 0 Å². The van der Waals surface area contributed by atoms with E-state index in [-0.39, 0.29) is 5.56 Å². The van der Waals surface area contributed by atoms with Crippen molar-refractivity contribution < 1.29 is 0 Å². The number of hydrogen-bond acceptors (Lipinski definition) is 1. The van der Waals surface area contributed by atoms with E-state index in [9.17, 15) is 4.79 Å². The Bertz CT molecular complexity index is 578. The van der Waals surface area contributed by atoms with Crippen molar-refractivity contribution in [2.45, 2.75) is 33.6 Å². The molecule has 2 rings (SSSR count). The van der Waals surface area contributed by atoms with Gasteiger partial charge in [0, 0.05) is 11.3 Å². The number of benzene rings is 1. The number of aromatic amines is 1. The first kappa shape index (κ1) is 11.7. The molecule has 1 aromatic heterocycles. The van der Waals surface area contributed by atoms with E-state index < -0.39 is 0 Å². The van der Waals surface area contributed by atoms with Crippen LogP contribution in [0.15, 0.2) is 29.1 Å². The van der Waals surface area contributed by atoms with Crippen molar-refractivity contribution >= 4 is 0 Å². The van der Waals surface area contributed by atoms with Crippen LogP contribution in [-0.4, -0.2) is 9.78 Å². The molecule has 2 aromatic rings. The number of H-pyrrole nitrogens is 1. The summed E-state index contributed by atoms with van der Waals surface area (Å²) in [5.41, 5.74) is 4.08. The van der Waals surface area contributed by atoms with Crippen molar-refractivity contribution in [3.8, 4) is 5.69 Å². The average molecular weight is 230 g/mol. The summed E-state index contributed by atoms with van der Waals surface area (Å²) in [4.78, 5) is 12.2. The van der Waals surface area contributed by atoms with Gasteiger partial charge in [0.1, 0.15) is 0 Å². The van der Waals surface area contributed by atoms with Crippen molar-refractivity contribution in [1.82, 2.24) is 9.78 Å². The van der Waals surface area contributed by atoms with E-state index in [1.807, 2.05) is 38.1 Å². The molecule has 1 N–H and O–H groups in total. The highest BCUT2D eigenvalue weighted by molar-refractivity contribution is 5.36. The van der Waals surface area contributed by atoms with Crippen LogP contribution < -0.4 is 5.56 Å². The first-order chi connectivity index (χ1) is 8.17. The minimum absolute atomic E-state index is 0.0787. The smallest absolute Gasteiger partial charge is 0.274 e.